The summed E-state index contributed by atoms with van der Waals surface area (Å²) in [6.45, 7) is 0.836. The summed E-state index contributed by atoms with van der Waals surface area (Å²) < 4.78 is 0. The molecule has 0 aliphatic carbocycles. The number of aliphatic imine (C=N–C) groups is 1. The SMILES string of the molecule is NC(=O)NNC1=NCCC1. The van der Waals surface area contributed by atoms with Crippen molar-refractivity contribution in [3.05, 3.63) is 0 Å². The van der Waals surface area contributed by atoms with E-state index in [1.54, 1.807) is 0 Å². The fraction of sp³-hybridized carbons (Fsp3) is 0.600. The van der Waals surface area contributed by atoms with Crippen LogP contribution in [0.25, 0.3) is 0 Å². The molecular weight excluding hydrogens is 132 g/mol. The number of carbonyl (C=O) groups is 1. The molecule has 1 aliphatic rings. The Kier molecular flexibility index (Phi) is 2.09. The van der Waals surface area contributed by atoms with Gasteiger partial charge in [0.05, 0.1) is 0 Å². The maximum Gasteiger partial charge on any atom is 0.330 e. The molecule has 1 rings (SSSR count). The molecule has 0 fully saturated rings. The van der Waals surface area contributed by atoms with Crippen LogP contribution in [0.4, 0.5) is 4.79 Å². The molecule has 0 aromatic carbocycles. The van der Waals surface area contributed by atoms with Crippen LogP contribution in [0, 0.1) is 0 Å². The number of nitrogens with one attached hydrogen (secondary N) is 2. The lowest BCUT2D eigenvalue weighted by molar-refractivity contribution is 0.247. The highest BCUT2D eigenvalue weighted by Crippen LogP contribution is 1.99. The van der Waals surface area contributed by atoms with E-state index in [0.717, 1.165) is 25.2 Å². The van der Waals surface area contributed by atoms with Gasteiger partial charge in [-0.25, -0.2) is 4.79 Å². The first-order valence-electron chi connectivity index (χ1n) is 3.14. The fourth-order valence-electron chi connectivity index (χ4n) is 0.775. The van der Waals surface area contributed by atoms with Crippen LogP contribution in [-0.4, -0.2) is 18.4 Å². The van der Waals surface area contributed by atoms with Crippen LogP contribution < -0.4 is 16.6 Å². The molecule has 0 aromatic heterocycles. The summed E-state index contributed by atoms with van der Waals surface area (Å²) in [5, 5.41) is 0. The van der Waals surface area contributed by atoms with Crippen molar-refractivity contribution in [1.29, 1.82) is 0 Å². The number of nitrogens with zero attached hydrogens (tertiary/aromatic N) is 1. The van der Waals surface area contributed by atoms with Gasteiger partial charge in [0.15, 0.2) is 0 Å². The minimum atomic E-state index is -0.588. The van der Waals surface area contributed by atoms with E-state index in [1.807, 2.05) is 0 Å². The summed E-state index contributed by atoms with van der Waals surface area (Å²) >= 11 is 0. The van der Waals surface area contributed by atoms with Crippen molar-refractivity contribution in [2.75, 3.05) is 6.54 Å². The van der Waals surface area contributed by atoms with Crippen LogP contribution in [0.3, 0.4) is 0 Å². The molecule has 0 bridgehead atoms. The van der Waals surface area contributed by atoms with E-state index in [1.165, 1.54) is 0 Å². The number of hydrogen-bond acceptors (Lipinski definition) is 3. The molecule has 0 saturated heterocycles. The monoisotopic (exact) mass is 142 g/mol. The zero-order valence-electron chi connectivity index (χ0n) is 5.55. The zero-order chi connectivity index (χ0) is 7.40. The lowest BCUT2D eigenvalue weighted by atomic mass is 10.3. The lowest BCUT2D eigenvalue weighted by Crippen LogP contribution is -2.43. The van der Waals surface area contributed by atoms with Crippen molar-refractivity contribution in [3.8, 4) is 0 Å². The van der Waals surface area contributed by atoms with Crippen molar-refractivity contribution in [3.63, 3.8) is 0 Å². The van der Waals surface area contributed by atoms with Crippen molar-refractivity contribution >= 4 is 11.9 Å². The second-order valence-electron chi connectivity index (χ2n) is 2.05. The summed E-state index contributed by atoms with van der Waals surface area (Å²) in [6.07, 6.45) is 1.93. The maximum absolute atomic E-state index is 10.1. The number of hydrazine groups is 1. The molecule has 5 nitrogen and oxygen atoms in total. The van der Waals surface area contributed by atoms with Gasteiger partial charge in [0.25, 0.3) is 0 Å². The average Bonchev–Trinajstić information content (AvgIpc) is 2.34. The van der Waals surface area contributed by atoms with Gasteiger partial charge in [0, 0.05) is 13.0 Å². The van der Waals surface area contributed by atoms with Crippen LogP contribution in [-0.2, 0) is 0 Å². The first-order chi connectivity index (χ1) is 4.79. The number of carbonyl (C=O) groups excluding carboxylic acids is 1. The van der Waals surface area contributed by atoms with Crippen molar-refractivity contribution in [2.24, 2.45) is 10.7 Å². The van der Waals surface area contributed by atoms with E-state index in [2.05, 4.69) is 15.8 Å². The highest BCUT2D eigenvalue weighted by molar-refractivity contribution is 5.85. The Morgan fingerprint density at radius 3 is 3.00 bits per heavy atom. The third-order valence-corrected chi connectivity index (χ3v) is 1.20. The minimum absolute atomic E-state index is 0.588. The Morgan fingerprint density at radius 2 is 2.50 bits per heavy atom. The third kappa shape index (κ3) is 1.93. The van der Waals surface area contributed by atoms with Crippen LogP contribution in [0.1, 0.15) is 12.8 Å². The maximum atomic E-state index is 10.1. The van der Waals surface area contributed by atoms with Gasteiger partial charge >= 0.3 is 6.03 Å². The van der Waals surface area contributed by atoms with Gasteiger partial charge in [-0.1, -0.05) is 0 Å². The molecule has 1 aliphatic heterocycles. The van der Waals surface area contributed by atoms with E-state index < -0.39 is 6.03 Å². The molecule has 56 valence electrons. The molecule has 0 unspecified atom stereocenters. The largest absolute Gasteiger partial charge is 0.350 e. The minimum Gasteiger partial charge on any atom is -0.350 e. The highest BCUT2D eigenvalue weighted by atomic mass is 16.2. The van der Waals surface area contributed by atoms with Crippen LogP contribution in [0.2, 0.25) is 0 Å². The molecule has 10 heavy (non-hydrogen) atoms. The summed E-state index contributed by atoms with van der Waals surface area (Å²) in [6, 6.07) is -0.588. The average molecular weight is 142 g/mol. The normalized spacial score (nSPS) is 16.2. The molecule has 0 saturated carbocycles. The number of amides is 2. The van der Waals surface area contributed by atoms with Crippen molar-refractivity contribution < 1.29 is 4.79 Å². The standard InChI is InChI=1S/C5H10N4O/c6-5(10)9-8-4-2-1-3-7-4/h1-3H2,(H,7,8)(H3,6,9,10). The van der Waals surface area contributed by atoms with Crippen molar-refractivity contribution in [2.45, 2.75) is 12.8 Å². The first-order valence-corrected chi connectivity index (χ1v) is 3.14. The van der Waals surface area contributed by atoms with E-state index in [9.17, 15) is 4.79 Å². The molecule has 4 N–H and O–H groups in total. The number of primary amides is 1. The summed E-state index contributed by atoms with van der Waals surface area (Å²) in [7, 11) is 0. The molecular formula is C5H10N4O. The van der Waals surface area contributed by atoms with Gasteiger partial charge in [-0.15, -0.1) is 0 Å². The van der Waals surface area contributed by atoms with Crippen LogP contribution in [0.5, 0.6) is 0 Å². The molecule has 2 amide bonds. The third-order valence-electron chi connectivity index (χ3n) is 1.20. The molecule has 0 aromatic rings. The van der Waals surface area contributed by atoms with Gasteiger partial charge in [-0.05, 0) is 6.42 Å². The Hall–Kier alpha value is -1.26. The first kappa shape index (κ1) is 6.85. The predicted octanol–water partition coefficient (Wildman–Crippen LogP) is -0.648. The molecule has 0 spiro atoms. The van der Waals surface area contributed by atoms with Crippen LogP contribution >= 0.6 is 0 Å². The molecule has 0 atom stereocenters. The number of hydrogen-bond donors (Lipinski definition) is 3. The van der Waals surface area contributed by atoms with E-state index >= 15 is 0 Å². The Labute approximate surface area is 58.7 Å². The molecule has 0 radical (unpaired) electrons. The zero-order valence-corrected chi connectivity index (χ0v) is 5.55. The van der Waals surface area contributed by atoms with Crippen LogP contribution in [0.15, 0.2) is 4.99 Å². The summed E-state index contributed by atoms with van der Waals surface area (Å²) in [4.78, 5) is 14.2. The van der Waals surface area contributed by atoms with E-state index in [-0.39, 0.29) is 0 Å². The van der Waals surface area contributed by atoms with Gasteiger partial charge < -0.3 is 5.73 Å². The Bertz CT molecular complexity index is 165. The molecule has 1 heterocycles. The van der Waals surface area contributed by atoms with Crippen molar-refractivity contribution in [1.82, 2.24) is 10.9 Å². The highest BCUT2D eigenvalue weighted by Gasteiger charge is 2.04. The number of urea groups is 1. The van der Waals surface area contributed by atoms with E-state index in [4.69, 9.17) is 5.73 Å². The Morgan fingerprint density at radius 1 is 1.70 bits per heavy atom. The number of rotatable bonds is 0. The van der Waals surface area contributed by atoms with Gasteiger partial charge in [-0.3, -0.25) is 15.8 Å². The second-order valence-corrected chi connectivity index (χ2v) is 2.05. The summed E-state index contributed by atoms with van der Waals surface area (Å²) in [5.41, 5.74) is 9.66. The quantitative estimate of drug-likeness (QED) is 0.393. The van der Waals surface area contributed by atoms with Gasteiger partial charge in [0.1, 0.15) is 5.84 Å². The van der Waals surface area contributed by atoms with Gasteiger partial charge in [0.2, 0.25) is 0 Å². The fourth-order valence-corrected chi connectivity index (χ4v) is 0.775. The number of nitrogens with two attached hydrogens (primary N) is 1. The Balaban J connectivity index is 2.19. The predicted molar refractivity (Wildman–Crippen MR) is 37.4 cm³/mol. The van der Waals surface area contributed by atoms with Gasteiger partial charge in [-0.2, -0.15) is 0 Å². The van der Waals surface area contributed by atoms with E-state index in [0.29, 0.717) is 0 Å². The number of amidine groups is 1. The summed E-state index contributed by atoms with van der Waals surface area (Å²) in [5.74, 6) is 0.804. The molecule has 5 heteroatoms. The topological polar surface area (TPSA) is 79.5 Å². The smallest absolute Gasteiger partial charge is 0.330 e. The lowest BCUT2D eigenvalue weighted by Gasteiger charge is -2.03. The second kappa shape index (κ2) is 3.05.